The van der Waals surface area contributed by atoms with E-state index in [1.165, 1.54) is 12.1 Å². The Morgan fingerprint density at radius 2 is 2.07 bits per heavy atom. The van der Waals surface area contributed by atoms with Crippen molar-refractivity contribution in [2.75, 3.05) is 6.54 Å². The molecule has 0 saturated carbocycles. The third-order valence-electron chi connectivity index (χ3n) is 5.63. The van der Waals surface area contributed by atoms with Gasteiger partial charge < -0.3 is 14.3 Å². The Hall–Kier alpha value is -2.93. The fourth-order valence-corrected chi connectivity index (χ4v) is 3.86. The van der Waals surface area contributed by atoms with Gasteiger partial charge in [0.1, 0.15) is 17.4 Å². The molecule has 0 fully saturated rings. The molecular formula is C23H25F2N3O2. The molecule has 1 aromatic carbocycles. The van der Waals surface area contributed by atoms with E-state index in [4.69, 9.17) is 4.42 Å². The zero-order chi connectivity index (χ0) is 21.3. The predicted molar refractivity (Wildman–Crippen MR) is 109 cm³/mol. The first-order valence-electron chi connectivity index (χ1n) is 10.2. The molecule has 1 aliphatic rings. The summed E-state index contributed by atoms with van der Waals surface area (Å²) >= 11 is 0. The van der Waals surface area contributed by atoms with Crippen LogP contribution in [0.2, 0.25) is 0 Å². The zero-order valence-electron chi connectivity index (χ0n) is 17.1. The number of amides is 1. The summed E-state index contributed by atoms with van der Waals surface area (Å²) in [5.74, 6) is -0.541. The van der Waals surface area contributed by atoms with Crippen molar-refractivity contribution < 1.29 is 18.0 Å². The second kappa shape index (κ2) is 8.44. The number of halogens is 2. The van der Waals surface area contributed by atoms with Crippen LogP contribution in [-0.4, -0.2) is 28.0 Å². The van der Waals surface area contributed by atoms with Gasteiger partial charge in [0.15, 0.2) is 5.76 Å². The number of hydrogen-bond donors (Lipinski definition) is 1. The van der Waals surface area contributed by atoms with E-state index < -0.39 is 11.6 Å². The van der Waals surface area contributed by atoms with Gasteiger partial charge in [0.05, 0.1) is 12.6 Å². The summed E-state index contributed by atoms with van der Waals surface area (Å²) in [5, 5.41) is 2.89. The lowest BCUT2D eigenvalue weighted by atomic mass is 9.99. The molecule has 0 saturated heterocycles. The van der Waals surface area contributed by atoms with Crippen LogP contribution < -0.4 is 5.32 Å². The number of carbonyl (C=O) groups is 1. The summed E-state index contributed by atoms with van der Waals surface area (Å²) in [6, 6.07) is 10.7. The number of rotatable bonds is 6. The predicted octanol–water partition coefficient (Wildman–Crippen LogP) is 4.49. The Bertz CT molecular complexity index is 1040. The van der Waals surface area contributed by atoms with Crippen LogP contribution in [0.15, 0.2) is 53.1 Å². The fourth-order valence-electron chi connectivity index (χ4n) is 3.86. The highest BCUT2D eigenvalue weighted by Gasteiger charge is 2.31. The Morgan fingerprint density at radius 1 is 1.23 bits per heavy atom. The number of carbonyl (C=O) groups excluding carboxylic acids is 1. The quantitative estimate of drug-likeness (QED) is 0.648. The highest BCUT2D eigenvalue weighted by atomic mass is 19.1. The maximum absolute atomic E-state index is 14.7. The van der Waals surface area contributed by atoms with Crippen molar-refractivity contribution in [2.24, 2.45) is 0 Å². The van der Waals surface area contributed by atoms with Crippen LogP contribution in [0, 0.1) is 11.6 Å². The summed E-state index contributed by atoms with van der Waals surface area (Å²) in [7, 11) is 0. The van der Waals surface area contributed by atoms with Crippen LogP contribution in [0.1, 0.15) is 53.9 Å². The van der Waals surface area contributed by atoms with Gasteiger partial charge in [-0.1, -0.05) is 13.0 Å². The van der Waals surface area contributed by atoms with E-state index in [0.29, 0.717) is 24.4 Å². The first-order chi connectivity index (χ1) is 14.5. The summed E-state index contributed by atoms with van der Waals surface area (Å²) in [6.07, 6.45) is 2.79. The van der Waals surface area contributed by atoms with Crippen molar-refractivity contribution in [2.45, 2.75) is 45.4 Å². The van der Waals surface area contributed by atoms with Crippen molar-refractivity contribution in [3.8, 4) is 0 Å². The molecule has 0 spiro atoms. The smallest absolute Gasteiger partial charge is 0.287 e. The van der Waals surface area contributed by atoms with Crippen LogP contribution in [0.25, 0.3) is 0 Å². The standard InChI is InChI=1S/C23H25F2N3O2/c1-3-15(2)26-23(29)21-9-7-17(30-21)14-28-12-11-27-10-4-5-20(27)22(28)18-8-6-16(24)13-19(18)25/h4-10,13,15,22H,3,11-12,14H2,1-2H3,(H,26,29). The third-order valence-corrected chi connectivity index (χ3v) is 5.63. The number of nitrogens with zero attached hydrogens (tertiary/aromatic N) is 2. The molecule has 0 radical (unpaired) electrons. The largest absolute Gasteiger partial charge is 0.455 e. The average molecular weight is 413 g/mol. The van der Waals surface area contributed by atoms with Crippen molar-refractivity contribution in [1.82, 2.24) is 14.8 Å². The minimum atomic E-state index is -0.600. The van der Waals surface area contributed by atoms with Gasteiger partial charge in [-0.05, 0) is 43.7 Å². The van der Waals surface area contributed by atoms with Gasteiger partial charge >= 0.3 is 0 Å². The van der Waals surface area contributed by atoms with E-state index in [0.717, 1.165) is 24.7 Å². The van der Waals surface area contributed by atoms with E-state index in [2.05, 4.69) is 14.8 Å². The molecule has 158 valence electrons. The van der Waals surface area contributed by atoms with E-state index in [1.54, 1.807) is 12.1 Å². The lowest BCUT2D eigenvalue weighted by Gasteiger charge is -2.37. The summed E-state index contributed by atoms with van der Waals surface area (Å²) in [5.41, 5.74) is 1.35. The number of benzene rings is 1. The Morgan fingerprint density at radius 3 is 2.83 bits per heavy atom. The maximum Gasteiger partial charge on any atom is 0.287 e. The van der Waals surface area contributed by atoms with Crippen molar-refractivity contribution >= 4 is 5.91 Å². The Balaban J connectivity index is 1.60. The molecule has 2 aromatic heterocycles. The van der Waals surface area contributed by atoms with Crippen LogP contribution in [-0.2, 0) is 13.1 Å². The molecule has 2 atom stereocenters. The van der Waals surface area contributed by atoms with Crippen molar-refractivity contribution in [3.05, 3.63) is 83.1 Å². The number of fused-ring (bicyclic) bond motifs is 1. The topological polar surface area (TPSA) is 50.4 Å². The lowest BCUT2D eigenvalue weighted by Crippen LogP contribution is -2.38. The molecule has 0 aliphatic carbocycles. The molecule has 2 unspecified atom stereocenters. The van der Waals surface area contributed by atoms with E-state index >= 15 is 0 Å². The summed E-state index contributed by atoms with van der Waals surface area (Å²) in [6.45, 7) is 5.76. The second-order valence-electron chi connectivity index (χ2n) is 7.71. The molecule has 3 heterocycles. The summed E-state index contributed by atoms with van der Waals surface area (Å²) < 4.78 is 36.0. The Labute approximate surface area is 174 Å². The lowest BCUT2D eigenvalue weighted by molar-refractivity contribution is 0.0904. The van der Waals surface area contributed by atoms with Gasteiger partial charge in [0.25, 0.3) is 5.91 Å². The number of furan rings is 1. The molecular weight excluding hydrogens is 388 g/mol. The van der Waals surface area contributed by atoms with Gasteiger partial charge in [-0.25, -0.2) is 8.78 Å². The normalized spacial score (nSPS) is 17.5. The van der Waals surface area contributed by atoms with E-state index in [-0.39, 0.29) is 23.8 Å². The van der Waals surface area contributed by atoms with Gasteiger partial charge in [-0.15, -0.1) is 0 Å². The SMILES string of the molecule is CCC(C)NC(=O)c1ccc(CN2CCn3cccc3C2c2ccc(F)cc2F)o1. The number of nitrogens with one attached hydrogen (secondary N) is 1. The molecule has 7 heteroatoms. The molecule has 30 heavy (non-hydrogen) atoms. The van der Waals surface area contributed by atoms with Crippen LogP contribution >= 0.6 is 0 Å². The highest BCUT2D eigenvalue weighted by molar-refractivity contribution is 5.91. The first kappa shape index (κ1) is 20.3. The van der Waals surface area contributed by atoms with E-state index in [1.807, 2.05) is 32.2 Å². The minimum Gasteiger partial charge on any atom is -0.455 e. The average Bonchev–Trinajstić information content (AvgIpc) is 3.38. The van der Waals surface area contributed by atoms with Gasteiger partial charge in [-0.2, -0.15) is 0 Å². The van der Waals surface area contributed by atoms with Crippen LogP contribution in [0.3, 0.4) is 0 Å². The van der Waals surface area contributed by atoms with Crippen LogP contribution in [0.4, 0.5) is 8.78 Å². The fraction of sp³-hybridized carbons (Fsp3) is 0.348. The molecule has 1 N–H and O–H groups in total. The molecule has 5 nitrogen and oxygen atoms in total. The molecule has 1 aliphatic heterocycles. The molecule has 4 rings (SSSR count). The monoisotopic (exact) mass is 413 g/mol. The second-order valence-corrected chi connectivity index (χ2v) is 7.71. The zero-order valence-corrected chi connectivity index (χ0v) is 17.1. The maximum atomic E-state index is 14.7. The molecule has 3 aromatic rings. The minimum absolute atomic E-state index is 0.0618. The number of hydrogen-bond acceptors (Lipinski definition) is 3. The highest BCUT2D eigenvalue weighted by Crippen LogP contribution is 2.35. The summed E-state index contributed by atoms with van der Waals surface area (Å²) in [4.78, 5) is 14.4. The van der Waals surface area contributed by atoms with Gasteiger partial charge in [-0.3, -0.25) is 9.69 Å². The van der Waals surface area contributed by atoms with Crippen molar-refractivity contribution in [3.63, 3.8) is 0 Å². The van der Waals surface area contributed by atoms with Gasteiger partial charge in [0.2, 0.25) is 0 Å². The van der Waals surface area contributed by atoms with Crippen molar-refractivity contribution in [1.29, 1.82) is 0 Å². The molecule has 0 bridgehead atoms. The van der Waals surface area contributed by atoms with E-state index in [9.17, 15) is 13.6 Å². The molecule has 1 amide bonds. The Kier molecular flexibility index (Phi) is 5.72. The third kappa shape index (κ3) is 4.03. The van der Waals surface area contributed by atoms with Gasteiger partial charge in [0, 0.05) is 42.7 Å². The first-order valence-corrected chi connectivity index (χ1v) is 10.2. The number of aromatic nitrogens is 1. The van der Waals surface area contributed by atoms with Crippen LogP contribution in [0.5, 0.6) is 0 Å².